The lowest BCUT2D eigenvalue weighted by Gasteiger charge is -2.05. The minimum atomic E-state index is -0.345. The third-order valence-corrected chi connectivity index (χ3v) is 2.52. The Morgan fingerprint density at radius 2 is 1.62 bits per heavy atom. The molecule has 0 aromatic heterocycles. The summed E-state index contributed by atoms with van der Waals surface area (Å²) in [6.07, 6.45) is 9.66. The van der Waals surface area contributed by atoms with Gasteiger partial charge >= 0.3 is 5.97 Å². The van der Waals surface area contributed by atoms with Crippen molar-refractivity contribution >= 4 is 5.97 Å². The van der Waals surface area contributed by atoms with Crippen molar-refractivity contribution in [1.29, 1.82) is 0 Å². The predicted molar refractivity (Wildman–Crippen MR) is 65.1 cm³/mol. The summed E-state index contributed by atoms with van der Waals surface area (Å²) in [5.41, 5.74) is 0. The van der Waals surface area contributed by atoms with Crippen molar-refractivity contribution in [2.75, 3.05) is 14.2 Å². The van der Waals surface area contributed by atoms with Gasteiger partial charge in [-0.25, -0.2) is 4.79 Å². The van der Waals surface area contributed by atoms with Crippen LogP contribution in [0.4, 0.5) is 0 Å². The zero-order chi connectivity index (χ0) is 12.2. The van der Waals surface area contributed by atoms with Crippen LogP contribution in [0, 0.1) is 0 Å². The van der Waals surface area contributed by atoms with Crippen molar-refractivity contribution in [2.45, 2.75) is 51.9 Å². The minimum absolute atomic E-state index is 0.345. The number of ether oxygens (including phenoxy) is 2. The zero-order valence-corrected chi connectivity index (χ0v) is 10.8. The summed E-state index contributed by atoms with van der Waals surface area (Å²) in [5.74, 6) is 0.366. The second kappa shape index (κ2) is 10.5. The standard InChI is InChI=1S/C13H24O3/c1-4-5-6-7-8-9-10-12(15-2)11-13(14)16-3/h11H,4-10H2,1-3H3/b12-11+. The fraction of sp³-hybridized carbons (Fsp3) is 0.769. The van der Waals surface area contributed by atoms with Crippen molar-refractivity contribution in [3.05, 3.63) is 11.8 Å². The first-order valence-corrected chi connectivity index (χ1v) is 6.07. The maximum absolute atomic E-state index is 11.0. The summed E-state index contributed by atoms with van der Waals surface area (Å²) in [4.78, 5) is 11.0. The minimum Gasteiger partial charge on any atom is -0.501 e. The number of carbonyl (C=O) groups is 1. The van der Waals surface area contributed by atoms with Gasteiger partial charge in [0.1, 0.15) is 5.76 Å². The Morgan fingerprint density at radius 1 is 1.00 bits per heavy atom. The topological polar surface area (TPSA) is 35.5 Å². The molecular weight excluding hydrogens is 204 g/mol. The molecule has 0 saturated carbocycles. The highest BCUT2D eigenvalue weighted by molar-refractivity contribution is 5.82. The van der Waals surface area contributed by atoms with E-state index in [0.29, 0.717) is 5.76 Å². The molecule has 3 heteroatoms. The van der Waals surface area contributed by atoms with Crippen LogP contribution in [-0.2, 0) is 14.3 Å². The van der Waals surface area contributed by atoms with E-state index in [-0.39, 0.29) is 5.97 Å². The van der Waals surface area contributed by atoms with E-state index in [1.165, 1.54) is 45.3 Å². The van der Waals surface area contributed by atoms with Crippen molar-refractivity contribution in [3.63, 3.8) is 0 Å². The van der Waals surface area contributed by atoms with E-state index >= 15 is 0 Å². The van der Waals surface area contributed by atoms with Gasteiger partial charge in [-0.2, -0.15) is 0 Å². The number of allylic oxidation sites excluding steroid dienone is 1. The molecule has 0 saturated heterocycles. The van der Waals surface area contributed by atoms with Gasteiger partial charge in [0, 0.05) is 6.42 Å². The lowest BCUT2D eigenvalue weighted by molar-refractivity contribution is -0.135. The van der Waals surface area contributed by atoms with Crippen LogP contribution in [0.25, 0.3) is 0 Å². The van der Waals surface area contributed by atoms with Gasteiger partial charge in [-0.15, -0.1) is 0 Å². The second-order valence-corrected chi connectivity index (χ2v) is 3.86. The first kappa shape index (κ1) is 15.0. The van der Waals surface area contributed by atoms with Crippen LogP contribution in [0.15, 0.2) is 11.8 Å². The van der Waals surface area contributed by atoms with Crippen molar-refractivity contribution < 1.29 is 14.3 Å². The maximum Gasteiger partial charge on any atom is 0.333 e. The van der Waals surface area contributed by atoms with Crippen LogP contribution < -0.4 is 0 Å². The number of methoxy groups -OCH3 is 2. The van der Waals surface area contributed by atoms with Gasteiger partial charge in [0.25, 0.3) is 0 Å². The molecule has 0 amide bonds. The summed E-state index contributed by atoms with van der Waals surface area (Å²) in [6, 6.07) is 0. The molecule has 0 atom stereocenters. The Kier molecular flexibility index (Phi) is 9.87. The van der Waals surface area contributed by atoms with Crippen LogP contribution in [-0.4, -0.2) is 20.2 Å². The van der Waals surface area contributed by atoms with Gasteiger partial charge in [-0.1, -0.05) is 39.0 Å². The van der Waals surface area contributed by atoms with Crippen LogP contribution in [0.1, 0.15) is 51.9 Å². The summed E-state index contributed by atoms with van der Waals surface area (Å²) < 4.78 is 9.66. The number of hydrogen-bond donors (Lipinski definition) is 0. The second-order valence-electron chi connectivity index (χ2n) is 3.86. The SMILES string of the molecule is CCCCCCCC/C(=C\C(=O)OC)OC. The lowest BCUT2D eigenvalue weighted by atomic mass is 10.1. The third-order valence-electron chi connectivity index (χ3n) is 2.52. The fourth-order valence-corrected chi connectivity index (χ4v) is 1.50. The summed E-state index contributed by atoms with van der Waals surface area (Å²) in [5, 5.41) is 0. The molecule has 3 nitrogen and oxygen atoms in total. The fourth-order valence-electron chi connectivity index (χ4n) is 1.50. The molecule has 0 heterocycles. The molecule has 0 fully saturated rings. The maximum atomic E-state index is 11.0. The highest BCUT2D eigenvalue weighted by atomic mass is 16.5. The summed E-state index contributed by atoms with van der Waals surface area (Å²) in [6.45, 7) is 2.21. The van der Waals surface area contributed by atoms with Crippen LogP contribution >= 0.6 is 0 Å². The van der Waals surface area contributed by atoms with Gasteiger partial charge in [-0.05, 0) is 6.42 Å². The Morgan fingerprint density at radius 3 is 2.19 bits per heavy atom. The molecule has 16 heavy (non-hydrogen) atoms. The molecular formula is C13H24O3. The van der Waals surface area contributed by atoms with E-state index in [0.717, 1.165) is 12.8 Å². The average molecular weight is 228 g/mol. The Hall–Kier alpha value is -0.990. The van der Waals surface area contributed by atoms with E-state index in [1.807, 2.05) is 0 Å². The summed E-state index contributed by atoms with van der Waals surface area (Å²) >= 11 is 0. The number of carbonyl (C=O) groups excluding carboxylic acids is 1. The predicted octanol–water partition coefficient (Wildman–Crippen LogP) is 3.44. The molecule has 94 valence electrons. The van der Waals surface area contributed by atoms with Crippen molar-refractivity contribution in [2.24, 2.45) is 0 Å². The van der Waals surface area contributed by atoms with Gasteiger partial charge in [0.05, 0.1) is 20.3 Å². The molecule has 0 aromatic carbocycles. The molecule has 0 unspecified atom stereocenters. The van der Waals surface area contributed by atoms with E-state index in [4.69, 9.17) is 4.74 Å². The average Bonchev–Trinajstić information content (AvgIpc) is 2.31. The molecule has 0 aliphatic carbocycles. The summed E-state index contributed by atoms with van der Waals surface area (Å²) in [7, 11) is 2.96. The first-order chi connectivity index (χ1) is 7.74. The Bertz CT molecular complexity index is 209. The van der Waals surface area contributed by atoms with E-state index in [9.17, 15) is 4.79 Å². The van der Waals surface area contributed by atoms with Crippen LogP contribution in [0.2, 0.25) is 0 Å². The number of rotatable bonds is 9. The highest BCUT2D eigenvalue weighted by Gasteiger charge is 2.01. The number of unbranched alkanes of at least 4 members (excludes halogenated alkanes) is 5. The van der Waals surface area contributed by atoms with E-state index in [1.54, 1.807) is 7.11 Å². The van der Waals surface area contributed by atoms with Crippen LogP contribution in [0.3, 0.4) is 0 Å². The molecule has 0 aliphatic heterocycles. The van der Waals surface area contributed by atoms with Gasteiger partial charge in [-0.3, -0.25) is 0 Å². The third kappa shape index (κ3) is 8.33. The smallest absolute Gasteiger partial charge is 0.333 e. The van der Waals surface area contributed by atoms with E-state index in [2.05, 4.69) is 11.7 Å². The normalized spacial score (nSPS) is 11.3. The molecule has 0 aromatic rings. The highest BCUT2D eigenvalue weighted by Crippen LogP contribution is 2.12. The lowest BCUT2D eigenvalue weighted by Crippen LogP contribution is -1.98. The van der Waals surface area contributed by atoms with Gasteiger partial charge < -0.3 is 9.47 Å². The van der Waals surface area contributed by atoms with Crippen molar-refractivity contribution in [3.8, 4) is 0 Å². The molecule has 0 N–H and O–H groups in total. The Balaban J connectivity index is 3.63. The van der Waals surface area contributed by atoms with E-state index < -0.39 is 0 Å². The Labute approximate surface area is 98.8 Å². The molecule has 0 rings (SSSR count). The molecule has 0 aliphatic rings. The number of hydrogen-bond acceptors (Lipinski definition) is 3. The monoisotopic (exact) mass is 228 g/mol. The molecule has 0 bridgehead atoms. The van der Waals surface area contributed by atoms with Crippen molar-refractivity contribution in [1.82, 2.24) is 0 Å². The molecule has 0 radical (unpaired) electrons. The largest absolute Gasteiger partial charge is 0.501 e. The molecule has 0 spiro atoms. The van der Waals surface area contributed by atoms with Crippen LogP contribution in [0.5, 0.6) is 0 Å². The number of esters is 1. The van der Waals surface area contributed by atoms with Gasteiger partial charge in [0.2, 0.25) is 0 Å². The van der Waals surface area contributed by atoms with Gasteiger partial charge in [0.15, 0.2) is 0 Å². The zero-order valence-electron chi connectivity index (χ0n) is 10.8. The first-order valence-electron chi connectivity index (χ1n) is 6.07. The quantitative estimate of drug-likeness (QED) is 0.262.